The van der Waals surface area contributed by atoms with E-state index in [1.807, 2.05) is 36.0 Å². The van der Waals surface area contributed by atoms with E-state index < -0.39 is 0 Å². The van der Waals surface area contributed by atoms with Crippen LogP contribution in [-0.4, -0.2) is 87.6 Å². The zero-order valence-corrected chi connectivity index (χ0v) is 23.0. The molecule has 0 spiro atoms. The Labute approximate surface area is 226 Å². The van der Waals surface area contributed by atoms with Crippen molar-refractivity contribution in [1.82, 2.24) is 9.80 Å². The van der Waals surface area contributed by atoms with Gasteiger partial charge < -0.3 is 19.3 Å². The minimum Gasteiger partial charge on any atom is -0.497 e. The molecular weight excluding hydrogens is 482 g/mol. The van der Waals surface area contributed by atoms with Gasteiger partial charge >= 0.3 is 0 Å². The smallest absolute Gasteiger partial charge is 0.166 e. The average Bonchev–Trinajstić information content (AvgIpc) is 3.37. The second-order valence-electron chi connectivity index (χ2n) is 10.5. The molecule has 2 fully saturated rings. The van der Waals surface area contributed by atoms with Crippen molar-refractivity contribution in [3.05, 3.63) is 53.6 Å². The molecule has 0 aliphatic carbocycles. The summed E-state index contributed by atoms with van der Waals surface area (Å²) in [6.45, 7) is 9.28. The van der Waals surface area contributed by atoms with E-state index in [9.17, 15) is 4.79 Å². The highest BCUT2D eigenvalue weighted by molar-refractivity contribution is 7.99. The molecule has 0 radical (unpaired) electrons. The third-order valence-electron chi connectivity index (χ3n) is 8.05. The average molecular weight is 524 g/mol. The number of nitrogens with zero attached hydrogens (tertiary/aromatic N) is 3. The monoisotopic (exact) mass is 523 g/mol. The molecule has 0 unspecified atom stereocenters. The Kier molecular flexibility index (Phi) is 9.43. The van der Waals surface area contributed by atoms with Crippen LogP contribution in [0.4, 0.5) is 5.69 Å². The number of anilines is 1. The number of methoxy groups -OCH3 is 1. The molecule has 2 aromatic rings. The molecule has 2 aromatic carbocycles. The predicted octanol–water partition coefficient (Wildman–Crippen LogP) is 4.81. The van der Waals surface area contributed by atoms with E-state index >= 15 is 0 Å². The number of ether oxygens (including phenoxy) is 2. The van der Waals surface area contributed by atoms with Crippen molar-refractivity contribution in [3.8, 4) is 5.75 Å². The predicted molar refractivity (Wildman–Crippen MR) is 151 cm³/mol. The second kappa shape index (κ2) is 13.1. The van der Waals surface area contributed by atoms with Crippen LogP contribution in [0, 0.1) is 5.92 Å². The lowest BCUT2D eigenvalue weighted by Crippen LogP contribution is -2.40. The number of piperidine rings is 1. The highest BCUT2D eigenvalue weighted by Gasteiger charge is 2.27. The molecule has 7 heteroatoms. The van der Waals surface area contributed by atoms with Crippen LogP contribution in [0.5, 0.6) is 5.75 Å². The number of unbranched alkanes of at least 4 members (excludes halogenated alkanes) is 1. The zero-order valence-electron chi connectivity index (χ0n) is 22.2. The van der Waals surface area contributed by atoms with E-state index in [1.54, 1.807) is 7.11 Å². The summed E-state index contributed by atoms with van der Waals surface area (Å²) < 4.78 is 10.7. The normalized spacial score (nSPS) is 19.2. The van der Waals surface area contributed by atoms with Crippen molar-refractivity contribution in [1.29, 1.82) is 0 Å². The summed E-state index contributed by atoms with van der Waals surface area (Å²) in [6.07, 6.45) is 5.58. The Morgan fingerprint density at radius 1 is 0.946 bits per heavy atom. The van der Waals surface area contributed by atoms with Crippen molar-refractivity contribution in [3.63, 3.8) is 0 Å². The topological polar surface area (TPSA) is 45.2 Å². The second-order valence-corrected chi connectivity index (χ2v) is 11.4. The van der Waals surface area contributed by atoms with Crippen LogP contribution in [0.3, 0.4) is 0 Å². The first-order valence-electron chi connectivity index (χ1n) is 13.9. The lowest BCUT2D eigenvalue weighted by molar-refractivity contribution is 0.0372. The van der Waals surface area contributed by atoms with Gasteiger partial charge in [0.2, 0.25) is 0 Å². The number of fused-ring (bicyclic) bond motifs is 1. The van der Waals surface area contributed by atoms with Gasteiger partial charge in [-0.25, -0.2) is 0 Å². The van der Waals surface area contributed by atoms with Crippen molar-refractivity contribution >= 4 is 23.2 Å². The van der Waals surface area contributed by atoms with Gasteiger partial charge in [0.15, 0.2) is 5.78 Å². The van der Waals surface area contributed by atoms with Gasteiger partial charge in [0.1, 0.15) is 5.75 Å². The van der Waals surface area contributed by atoms with Crippen LogP contribution < -0.4 is 9.64 Å². The van der Waals surface area contributed by atoms with Crippen LogP contribution >= 0.6 is 11.8 Å². The molecule has 2 saturated heterocycles. The molecule has 0 bridgehead atoms. The van der Waals surface area contributed by atoms with Crippen molar-refractivity contribution in [2.24, 2.45) is 5.92 Å². The number of rotatable bonds is 11. The van der Waals surface area contributed by atoms with Crippen molar-refractivity contribution in [2.45, 2.75) is 37.0 Å². The lowest BCUT2D eigenvalue weighted by atomic mass is 9.89. The van der Waals surface area contributed by atoms with Crippen LogP contribution in [0.15, 0.2) is 47.4 Å². The Morgan fingerprint density at radius 2 is 1.70 bits per heavy atom. The summed E-state index contributed by atoms with van der Waals surface area (Å²) in [5.74, 6) is 2.26. The molecule has 3 aliphatic heterocycles. The Balaban J connectivity index is 1.02. The molecule has 5 rings (SSSR count). The number of aryl methyl sites for hydroxylation is 1. The highest BCUT2D eigenvalue weighted by atomic mass is 32.2. The molecule has 0 N–H and O–H groups in total. The van der Waals surface area contributed by atoms with Gasteiger partial charge in [-0.1, -0.05) is 6.07 Å². The van der Waals surface area contributed by atoms with Gasteiger partial charge in [-0.2, -0.15) is 0 Å². The van der Waals surface area contributed by atoms with E-state index in [1.165, 1.54) is 42.0 Å². The summed E-state index contributed by atoms with van der Waals surface area (Å²) in [7, 11) is 1.65. The molecule has 0 saturated carbocycles. The summed E-state index contributed by atoms with van der Waals surface area (Å²) in [5.41, 5.74) is 3.67. The molecule has 0 aromatic heterocycles. The quantitative estimate of drug-likeness (QED) is 0.309. The number of carbonyl (C=O) groups is 1. The largest absolute Gasteiger partial charge is 0.497 e. The van der Waals surface area contributed by atoms with Crippen LogP contribution in [0.2, 0.25) is 0 Å². The number of carbonyl (C=O) groups excluding carboxylic acids is 1. The van der Waals surface area contributed by atoms with Crippen LogP contribution in [0.25, 0.3) is 0 Å². The standard InChI is InChI=1S/C30H41N3O3S/c1-35-27-8-6-25(7-9-27)30(34)26-11-14-32(15-12-26)16-17-33-23-37-29-22-24(5-10-28(29)33)4-2-3-13-31-18-20-36-21-19-31/h5-10,22,26H,2-4,11-21,23H2,1H3. The summed E-state index contributed by atoms with van der Waals surface area (Å²) >= 11 is 1.97. The maximum absolute atomic E-state index is 12.9. The fraction of sp³-hybridized carbons (Fsp3) is 0.567. The van der Waals surface area contributed by atoms with Gasteiger partial charge in [-0.05, 0) is 93.7 Å². The first-order valence-corrected chi connectivity index (χ1v) is 14.9. The van der Waals surface area contributed by atoms with E-state index in [4.69, 9.17) is 9.47 Å². The molecule has 200 valence electrons. The number of thioether (sulfide) groups is 1. The SMILES string of the molecule is COc1ccc(C(=O)C2CCN(CCN3CSc4cc(CCCCN5CCOCC5)ccc43)CC2)cc1. The molecule has 0 atom stereocenters. The third kappa shape index (κ3) is 7.08. The number of hydrogen-bond donors (Lipinski definition) is 0. The number of Topliss-reactive ketones (excluding diaryl/α,β-unsaturated/α-hetero) is 1. The van der Waals surface area contributed by atoms with Gasteiger partial charge in [0.25, 0.3) is 0 Å². The maximum atomic E-state index is 12.9. The minimum atomic E-state index is 0.139. The van der Waals surface area contributed by atoms with Crippen molar-refractivity contribution < 1.29 is 14.3 Å². The number of likely N-dealkylation sites (tertiary alicyclic amines) is 1. The van der Waals surface area contributed by atoms with Gasteiger partial charge in [-0.15, -0.1) is 11.8 Å². The maximum Gasteiger partial charge on any atom is 0.166 e. The lowest BCUT2D eigenvalue weighted by Gasteiger charge is -2.32. The molecule has 37 heavy (non-hydrogen) atoms. The fourth-order valence-electron chi connectivity index (χ4n) is 5.65. The number of ketones is 1. The van der Waals surface area contributed by atoms with Crippen LogP contribution in [-0.2, 0) is 11.2 Å². The van der Waals surface area contributed by atoms with E-state index in [0.717, 1.165) is 82.5 Å². The molecule has 0 amide bonds. The number of hydrogen-bond acceptors (Lipinski definition) is 7. The van der Waals surface area contributed by atoms with Gasteiger partial charge in [0, 0.05) is 42.6 Å². The molecular formula is C30H41N3O3S. The minimum absolute atomic E-state index is 0.139. The van der Waals surface area contributed by atoms with E-state index in [0.29, 0.717) is 0 Å². The molecule has 3 aliphatic rings. The Hall–Kier alpha value is -2.06. The number of morpholine rings is 1. The first kappa shape index (κ1) is 26.5. The van der Waals surface area contributed by atoms with Gasteiger partial charge in [-0.3, -0.25) is 9.69 Å². The van der Waals surface area contributed by atoms with Gasteiger partial charge in [0.05, 0.1) is 31.9 Å². The first-order chi connectivity index (χ1) is 18.2. The summed E-state index contributed by atoms with van der Waals surface area (Å²) in [6, 6.07) is 14.6. The summed E-state index contributed by atoms with van der Waals surface area (Å²) in [5, 5.41) is 0. The zero-order chi connectivity index (χ0) is 25.5. The number of benzene rings is 2. The highest BCUT2D eigenvalue weighted by Crippen LogP contribution is 2.39. The third-order valence-corrected chi connectivity index (χ3v) is 9.13. The van der Waals surface area contributed by atoms with E-state index in [2.05, 4.69) is 32.9 Å². The Bertz CT molecular complexity index is 1020. The summed E-state index contributed by atoms with van der Waals surface area (Å²) in [4.78, 5) is 21.9. The molecule has 3 heterocycles. The molecule has 6 nitrogen and oxygen atoms in total. The van der Waals surface area contributed by atoms with Crippen molar-refractivity contribution in [2.75, 3.05) is 76.9 Å². The fourth-order valence-corrected chi connectivity index (χ4v) is 6.80. The Morgan fingerprint density at radius 3 is 2.46 bits per heavy atom. The van der Waals surface area contributed by atoms with E-state index in [-0.39, 0.29) is 11.7 Å². The van der Waals surface area contributed by atoms with Crippen LogP contribution in [0.1, 0.15) is 41.6 Å².